The molecule has 0 aromatic heterocycles. The number of nitrogens with one attached hydrogen (secondary N) is 3. The van der Waals surface area contributed by atoms with Crippen LogP contribution in [0.3, 0.4) is 0 Å². The van der Waals surface area contributed by atoms with Crippen molar-refractivity contribution in [3.63, 3.8) is 0 Å². The summed E-state index contributed by atoms with van der Waals surface area (Å²) in [6.45, 7) is 8.65. The molecule has 1 aromatic carbocycles. The predicted molar refractivity (Wildman–Crippen MR) is 93.3 cm³/mol. The van der Waals surface area contributed by atoms with E-state index in [0.29, 0.717) is 13.1 Å². The molecule has 2 aliphatic rings. The molecule has 6 nitrogen and oxygen atoms in total. The Morgan fingerprint density at radius 1 is 1.32 bits per heavy atom. The normalized spacial score (nSPS) is 25.1. The van der Waals surface area contributed by atoms with Gasteiger partial charge in [-0.3, -0.25) is 15.1 Å². The smallest absolute Gasteiger partial charge is 0.226 e. The molecule has 138 valence electrons. The van der Waals surface area contributed by atoms with Gasteiger partial charge in [0.05, 0.1) is 25.2 Å². The van der Waals surface area contributed by atoms with Gasteiger partial charge in [-0.1, -0.05) is 12.1 Å². The first-order valence-corrected chi connectivity index (χ1v) is 8.82. The average Bonchev–Trinajstić information content (AvgIpc) is 3.11. The third-order valence-corrected chi connectivity index (χ3v) is 5.11. The van der Waals surface area contributed by atoms with Gasteiger partial charge >= 0.3 is 0 Å². The minimum absolute atomic E-state index is 0.00756. The molecule has 3 N–H and O–H groups in total. The monoisotopic (exact) mass is 350 g/mol. The van der Waals surface area contributed by atoms with Crippen molar-refractivity contribution in [3.8, 4) is 0 Å². The van der Waals surface area contributed by atoms with Crippen LogP contribution in [-0.4, -0.2) is 55.7 Å². The standard InChI is InChI=1S/C18H27FN4O2/c1-18(2,23-7-9-25-10-8-23)12-20-17(24)15-11-21-22-16(15)13-3-5-14(19)6-4-13/h3-6,15-16,21-22H,7-12H2,1-2H3,(H,20,24). The molecule has 0 radical (unpaired) electrons. The van der Waals surface area contributed by atoms with Crippen LogP contribution in [0, 0.1) is 11.7 Å². The van der Waals surface area contributed by atoms with Gasteiger partial charge in [0.1, 0.15) is 5.82 Å². The van der Waals surface area contributed by atoms with Gasteiger partial charge in [-0.2, -0.15) is 0 Å². The number of amides is 1. The van der Waals surface area contributed by atoms with Crippen LogP contribution in [0.5, 0.6) is 0 Å². The van der Waals surface area contributed by atoms with Gasteiger partial charge in [0.2, 0.25) is 5.91 Å². The molecular weight excluding hydrogens is 323 g/mol. The first kappa shape index (κ1) is 18.3. The summed E-state index contributed by atoms with van der Waals surface area (Å²) in [7, 11) is 0. The molecule has 2 saturated heterocycles. The van der Waals surface area contributed by atoms with Crippen molar-refractivity contribution in [2.45, 2.75) is 25.4 Å². The maximum absolute atomic E-state index is 13.1. The van der Waals surface area contributed by atoms with Crippen LogP contribution in [0.15, 0.2) is 24.3 Å². The maximum Gasteiger partial charge on any atom is 0.226 e. The Labute approximate surface area is 148 Å². The molecule has 25 heavy (non-hydrogen) atoms. The number of benzene rings is 1. The van der Waals surface area contributed by atoms with Crippen molar-refractivity contribution in [1.29, 1.82) is 0 Å². The Morgan fingerprint density at radius 3 is 2.68 bits per heavy atom. The third kappa shape index (κ3) is 4.36. The molecule has 0 spiro atoms. The lowest BCUT2D eigenvalue weighted by Gasteiger charge is -2.41. The number of nitrogens with zero attached hydrogens (tertiary/aromatic N) is 1. The number of hydrogen-bond donors (Lipinski definition) is 3. The summed E-state index contributed by atoms with van der Waals surface area (Å²) in [4.78, 5) is 15.1. The molecule has 0 aliphatic carbocycles. The maximum atomic E-state index is 13.1. The second-order valence-corrected chi connectivity index (χ2v) is 7.29. The number of hydrogen-bond acceptors (Lipinski definition) is 5. The van der Waals surface area contributed by atoms with E-state index < -0.39 is 0 Å². The van der Waals surface area contributed by atoms with Crippen LogP contribution in [-0.2, 0) is 9.53 Å². The molecule has 2 heterocycles. The van der Waals surface area contributed by atoms with Gasteiger partial charge < -0.3 is 10.1 Å². The summed E-state index contributed by atoms with van der Waals surface area (Å²) in [5.74, 6) is -0.498. The lowest BCUT2D eigenvalue weighted by molar-refractivity contribution is -0.125. The van der Waals surface area contributed by atoms with Crippen LogP contribution in [0.4, 0.5) is 4.39 Å². The fourth-order valence-electron chi connectivity index (χ4n) is 3.44. The van der Waals surface area contributed by atoms with E-state index in [1.165, 1.54) is 12.1 Å². The van der Waals surface area contributed by atoms with Crippen molar-refractivity contribution in [2.24, 2.45) is 5.92 Å². The molecule has 3 rings (SSSR count). The largest absolute Gasteiger partial charge is 0.379 e. The van der Waals surface area contributed by atoms with Crippen LogP contribution in [0.25, 0.3) is 0 Å². The lowest BCUT2D eigenvalue weighted by atomic mass is 9.93. The molecule has 2 aliphatic heterocycles. The number of hydrazine groups is 1. The summed E-state index contributed by atoms with van der Waals surface area (Å²) >= 11 is 0. The van der Waals surface area contributed by atoms with E-state index >= 15 is 0 Å². The van der Waals surface area contributed by atoms with Crippen molar-refractivity contribution in [1.82, 2.24) is 21.1 Å². The number of rotatable bonds is 5. The van der Waals surface area contributed by atoms with Gasteiger partial charge in [-0.15, -0.1) is 0 Å². The predicted octanol–water partition coefficient (Wildman–Crippen LogP) is 0.818. The first-order chi connectivity index (χ1) is 12.0. The number of carbonyl (C=O) groups is 1. The van der Waals surface area contributed by atoms with E-state index in [4.69, 9.17) is 4.74 Å². The fourth-order valence-corrected chi connectivity index (χ4v) is 3.44. The Morgan fingerprint density at radius 2 is 2.00 bits per heavy atom. The van der Waals surface area contributed by atoms with Crippen molar-refractivity contribution >= 4 is 5.91 Å². The van der Waals surface area contributed by atoms with Crippen molar-refractivity contribution in [2.75, 3.05) is 39.4 Å². The van der Waals surface area contributed by atoms with E-state index in [0.717, 1.165) is 31.9 Å². The summed E-state index contributed by atoms with van der Waals surface area (Å²) in [6, 6.07) is 6.13. The van der Waals surface area contributed by atoms with Gasteiger partial charge in [0.15, 0.2) is 0 Å². The summed E-state index contributed by atoms with van der Waals surface area (Å²) in [5.41, 5.74) is 6.95. The highest BCUT2D eigenvalue weighted by atomic mass is 19.1. The fraction of sp³-hybridized carbons (Fsp3) is 0.611. The summed E-state index contributed by atoms with van der Waals surface area (Å²) in [5, 5.41) is 3.10. The zero-order valence-electron chi connectivity index (χ0n) is 14.8. The van der Waals surface area contributed by atoms with Crippen LogP contribution >= 0.6 is 0 Å². The number of halogens is 1. The molecule has 2 fully saturated rings. The second-order valence-electron chi connectivity index (χ2n) is 7.29. The van der Waals surface area contributed by atoms with Gasteiger partial charge in [-0.25, -0.2) is 9.82 Å². The highest BCUT2D eigenvalue weighted by molar-refractivity contribution is 5.80. The second kappa shape index (κ2) is 7.78. The lowest BCUT2D eigenvalue weighted by Crippen LogP contribution is -2.56. The van der Waals surface area contributed by atoms with E-state index in [-0.39, 0.29) is 29.2 Å². The molecular formula is C18H27FN4O2. The van der Waals surface area contributed by atoms with Crippen LogP contribution < -0.4 is 16.2 Å². The van der Waals surface area contributed by atoms with Crippen LogP contribution in [0.2, 0.25) is 0 Å². The first-order valence-electron chi connectivity index (χ1n) is 8.82. The Hall–Kier alpha value is -1.54. The quantitative estimate of drug-likeness (QED) is 0.734. The van der Waals surface area contributed by atoms with E-state index in [1.807, 2.05) is 0 Å². The van der Waals surface area contributed by atoms with Gasteiger partial charge in [0, 0.05) is 31.7 Å². The minimum atomic E-state index is -0.275. The Balaban J connectivity index is 1.59. The zero-order chi connectivity index (χ0) is 17.9. The highest BCUT2D eigenvalue weighted by Crippen LogP contribution is 2.25. The number of carbonyl (C=O) groups excluding carboxylic acids is 1. The molecule has 1 amide bonds. The number of ether oxygens (including phenoxy) is 1. The van der Waals surface area contributed by atoms with E-state index in [9.17, 15) is 9.18 Å². The minimum Gasteiger partial charge on any atom is -0.379 e. The topological polar surface area (TPSA) is 65.6 Å². The van der Waals surface area contributed by atoms with E-state index in [2.05, 4.69) is 34.9 Å². The molecule has 0 bridgehead atoms. The summed E-state index contributed by atoms with van der Waals surface area (Å²) < 4.78 is 18.5. The Kier molecular flexibility index (Phi) is 5.68. The molecule has 0 saturated carbocycles. The molecule has 2 atom stereocenters. The van der Waals surface area contributed by atoms with Gasteiger partial charge in [-0.05, 0) is 31.5 Å². The summed E-state index contributed by atoms with van der Waals surface area (Å²) in [6.07, 6.45) is 0. The van der Waals surface area contributed by atoms with Crippen molar-refractivity contribution in [3.05, 3.63) is 35.6 Å². The van der Waals surface area contributed by atoms with Crippen molar-refractivity contribution < 1.29 is 13.9 Å². The van der Waals surface area contributed by atoms with Gasteiger partial charge in [0.25, 0.3) is 0 Å². The molecule has 1 aromatic rings. The van der Waals surface area contributed by atoms with Crippen LogP contribution in [0.1, 0.15) is 25.5 Å². The molecule has 2 unspecified atom stereocenters. The van der Waals surface area contributed by atoms with E-state index in [1.54, 1.807) is 12.1 Å². The highest BCUT2D eigenvalue weighted by Gasteiger charge is 2.35. The third-order valence-electron chi connectivity index (χ3n) is 5.11. The number of morpholine rings is 1. The average molecular weight is 350 g/mol. The zero-order valence-corrected chi connectivity index (χ0v) is 14.8. The Bertz CT molecular complexity index is 587. The molecule has 7 heteroatoms. The SMILES string of the molecule is CC(C)(CNC(=O)C1CNNC1c1ccc(F)cc1)N1CCOCC1.